The standard InChI is InChI=1S/C39H35FN2/c1-37(2)28-14-10-16-30-34(28)42-35-29(37)15-11-17-31(35)39(5,6)33-23-27(22-32(36(33)42)38(30,3)4)41(25-12-8-7-9-13-25)26-20-18-24(40)19-21-26/h7-23H,1-6H3. The quantitative estimate of drug-likeness (QED) is 0.220. The van der Waals surface area contributed by atoms with Crippen LogP contribution in [0.1, 0.15) is 74.9 Å². The van der Waals surface area contributed by atoms with Crippen molar-refractivity contribution in [2.24, 2.45) is 0 Å². The average Bonchev–Trinajstić information content (AvgIpc) is 2.98. The van der Waals surface area contributed by atoms with E-state index in [1.165, 1.54) is 50.4 Å². The van der Waals surface area contributed by atoms with Gasteiger partial charge in [0.05, 0.1) is 17.1 Å². The van der Waals surface area contributed by atoms with Gasteiger partial charge in [0.15, 0.2) is 0 Å². The molecule has 0 aromatic heterocycles. The van der Waals surface area contributed by atoms with Crippen LogP contribution in [-0.4, -0.2) is 0 Å². The molecule has 3 heteroatoms. The Hall–Kier alpha value is -4.37. The minimum Gasteiger partial charge on any atom is -0.310 e. The summed E-state index contributed by atoms with van der Waals surface area (Å²) in [6.45, 7) is 14.3. The van der Waals surface area contributed by atoms with Crippen molar-refractivity contribution in [3.63, 3.8) is 0 Å². The zero-order chi connectivity index (χ0) is 29.2. The first kappa shape index (κ1) is 25.3. The average molecular weight is 551 g/mol. The fourth-order valence-corrected chi connectivity index (χ4v) is 7.91. The molecule has 0 bridgehead atoms. The van der Waals surface area contributed by atoms with E-state index in [1.54, 1.807) is 12.1 Å². The molecule has 0 unspecified atom stereocenters. The Morgan fingerprint density at radius 1 is 0.452 bits per heavy atom. The maximum atomic E-state index is 14.1. The van der Waals surface area contributed by atoms with Gasteiger partial charge in [-0.25, -0.2) is 4.39 Å². The van der Waals surface area contributed by atoms with Crippen LogP contribution in [0.4, 0.5) is 38.5 Å². The Balaban J connectivity index is 1.49. The minimum atomic E-state index is -0.234. The van der Waals surface area contributed by atoms with Gasteiger partial charge in [-0.3, -0.25) is 0 Å². The van der Waals surface area contributed by atoms with Crippen molar-refractivity contribution < 1.29 is 4.39 Å². The molecule has 0 atom stereocenters. The van der Waals surface area contributed by atoms with Gasteiger partial charge in [-0.1, -0.05) is 96.1 Å². The molecule has 5 aromatic rings. The normalized spacial score (nSPS) is 17.5. The van der Waals surface area contributed by atoms with Gasteiger partial charge in [0.25, 0.3) is 0 Å². The van der Waals surface area contributed by atoms with Crippen LogP contribution in [0, 0.1) is 5.82 Å². The lowest BCUT2D eigenvalue weighted by Gasteiger charge is -2.55. The summed E-state index contributed by atoms with van der Waals surface area (Å²) in [4.78, 5) is 4.86. The lowest BCUT2D eigenvalue weighted by atomic mass is 9.61. The van der Waals surface area contributed by atoms with Gasteiger partial charge >= 0.3 is 0 Å². The predicted octanol–water partition coefficient (Wildman–Crippen LogP) is 10.7. The molecule has 0 spiro atoms. The van der Waals surface area contributed by atoms with Gasteiger partial charge < -0.3 is 9.80 Å². The molecule has 0 aliphatic carbocycles. The summed E-state index contributed by atoms with van der Waals surface area (Å²) in [6.07, 6.45) is 0. The molecule has 0 saturated heterocycles. The van der Waals surface area contributed by atoms with E-state index in [4.69, 9.17) is 0 Å². The fourth-order valence-electron chi connectivity index (χ4n) is 7.91. The molecule has 2 nitrogen and oxygen atoms in total. The third kappa shape index (κ3) is 3.09. The molecular formula is C39H35FN2. The number of anilines is 6. The van der Waals surface area contributed by atoms with Crippen LogP contribution in [0.5, 0.6) is 0 Å². The van der Waals surface area contributed by atoms with E-state index < -0.39 is 0 Å². The number of halogens is 1. The summed E-state index contributed by atoms with van der Waals surface area (Å²) in [5.41, 5.74) is 14.6. The Morgan fingerprint density at radius 3 is 1.33 bits per heavy atom. The Kier molecular flexibility index (Phi) is 4.91. The van der Waals surface area contributed by atoms with Gasteiger partial charge in [-0.15, -0.1) is 0 Å². The lowest BCUT2D eigenvalue weighted by Crippen LogP contribution is -2.43. The summed E-state index contributed by atoms with van der Waals surface area (Å²) in [5, 5.41) is 0. The van der Waals surface area contributed by atoms with Gasteiger partial charge in [-0.2, -0.15) is 0 Å². The second-order valence-corrected chi connectivity index (χ2v) is 13.7. The highest BCUT2D eigenvalue weighted by Gasteiger charge is 2.51. The molecule has 0 N–H and O–H groups in total. The van der Waals surface area contributed by atoms with E-state index >= 15 is 0 Å². The van der Waals surface area contributed by atoms with E-state index in [2.05, 4.69) is 124 Å². The minimum absolute atomic E-state index is 0.110. The monoisotopic (exact) mass is 550 g/mol. The summed E-state index contributed by atoms with van der Waals surface area (Å²) in [7, 11) is 0. The summed E-state index contributed by atoms with van der Waals surface area (Å²) < 4.78 is 14.1. The largest absolute Gasteiger partial charge is 0.310 e. The van der Waals surface area contributed by atoms with Crippen LogP contribution < -0.4 is 9.80 Å². The van der Waals surface area contributed by atoms with E-state index in [1.807, 2.05) is 18.2 Å². The van der Waals surface area contributed by atoms with Gasteiger partial charge in [0.1, 0.15) is 5.82 Å². The third-order valence-electron chi connectivity index (χ3n) is 10.2. The smallest absolute Gasteiger partial charge is 0.123 e. The van der Waals surface area contributed by atoms with Crippen LogP contribution in [0.15, 0.2) is 103 Å². The third-order valence-corrected chi connectivity index (χ3v) is 10.2. The van der Waals surface area contributed by atoms with Crippen molar-refractivity contribution in [1.29, 1.82) is 0 Å². The highest BCUT2D eigenvalue weighted by molar-refractivity contribution is 5.99. The Bertz CT molecular complexity index is 1820. The molecular weight excluding hydrogens is 515 g/mol. The van der Waals surface area contributed by atoms with Crippen molar-refractivity contribution in [3.8, 4) is 0 Å². The van der Waals surface area contributed by atoms with Crippen molar-refractivity contribution in [3.05, 3.63) is 142 Å². The number of para-hydroxylation sites is 3. The summed E-state index contributed by atoms with van der Waals surface area (Å²) in [6, 6.07) is 35.8. The first-order chi connectivity index (χ1) is 20.0. The first-order valence-corrected chi connectivity index (χ1v) is 14.9. The molecule has 3 aliphatic rings. The van der Waals surface area contributed by atoms with Crippen LogP contribution >= 0.6 is 0 Å². The van der Waals surface area contributed by atoms with Crippen molar-refractivity contribution in [2.45, 2.75) is 57.8 Å². The number of benzene rings is 5. The van der Waals surface area contributed by atoms with E-state index in [-0.39, 0.29) is 22.1 Å². The SMILES string of the molecule is CC1(C)c2cccc3c2N2c4c1cccc4C(C)(C)c1cc(N(c4ccccc4)c4ccc(F)cc4)cc(c12)C3(C)C. The van der Waals surface area contributed by atoms with Crippen LogP contribution in [0.3, 0.4) is 0 Å². The van der Waals surface area contributed by atoms with E-state index in [0.717, 1.165) is 17.1 Å². The molecule has 208 valence electrons. The van der Waals surface area contributed by atoms with Crippen LogP contribution in [0.25, 0.3) is 0 Å². The van der Waals surface area contributed by atoms with E-state index in [0.29, 0.717) is 0 Å². The zero-order valence-corrected chi connectivity index (χ0v) is 25.1. The van der Waals surface area contributed by atoms with Crippen molar-refractivity contribution in [1.82, 2.24) is 0 Å². The fraction of sp³-hybridized carbons (Fsp3) is 0.231. The number of hydrogen-bond donors (Lipinski definition) is 0. The Labute approximate surface area is 248 Å². The van der Waals surface area contributed by atoms with Gasteiger partial charge in [0, 0.05) is 33.3 Å². The molecule has 0 radical (unpaired) electrons. The Morgan fingerprint density at radius 2 is 0.857 bits per heavy atom. The number of rotatable bonds is 3. The molecule has 3 heterocycles. The zero-order valence-electron chi connectivity index (χ0n) is 25.1. The second kappa shape index (κ2) is 8.13. The molecule has 5 aromatic carbocycles. The predicted molar refractivity (Wildman–Crippen MR) is 172 cm³/mol. The summed E-state index contributed by atoms with van der Waals surface area (Å²) >= 11 is 0. The molecule has 0 amide bonds. The second-order valence-electron chi connectivity index (χ2n) is 13.7. The molecule has 0 saturated carbocycles. The highest BCUT2D eigenvalue weighted by Crippen LogP contribution is 2.66. The lowest BCUT2D eigenvalue weighted by molar-refractivity contribution is 0.566. The maximum Gasteiger partial charge on any atom is 0.123 e. The van der Waals surface area contributed by atoms with Crippen molar-refractivity contribution >= 4 is 34.1 Å². The molecule has 0 fully saturated rings. The topological polar surface area (TPSA) is 6.48 Å². The van der Waals surface area contributed by atoms with Gasteiger partial charge in [-0.05, 0) is 81.9 Å². The summed E-state index contributed by atoms with van der Waals surface area (Å²) in [5.74, 6) is -0.234. The highest BCUT2D eigenvalue weighted by atomic mass is 19.1. The molecule has 3 aliphatic heterocycles. The van der Waals surface area contributed by atoms with Crippen LogP contribution in [-0.2, 0) is 16.2 Å². The number of nitrogens with zero attached hydrogens (tertiary/aromatic N) is 2. The van der Waals surface area contributed by atoms with E-state index in [9.17, 15) is 4.39 Å². The molecule has 8 rings (SSSR count). The molecule has 42 heavy (non-hydrogen) atoms. The van der Waals surface area contributed by atoms with Crippen molar-refractivity contribution in [2.75, 3.05) is 9.80 Å². The van der Waals surface area contributed by atoms with Gasteiger partial charge in [0.2, 0.25) is 0 Å². The van der Waals surface area contributed by atoms with Crippen LogP contribution in [0.2, 0.25) is 0 Å². The first-order valence-electron chi connectivity index (χ1n) is 14.9. The maximum absolute atomic E-state index is 14.1. The number of hydrogen-bond acceptors (Lipinski definition) is 2.